The van der Waals surface area contributed by atoms with Crippen LogP contribution in [0.3, 0.4) is 0 Å². The van der Waals surface area contributed by atoms with Crippen LogP contribution < -0.4 is 16.4 Å². The van der Waals surface area contributed by atoms with Gasteiger partial charge in [-0.1, -0.05) is 19.9 Å². The first kappa shape index (κ1) is 14.5. The summed E-state index contributed by atoms with van der Waals surface area (Å²) in [5, 5.41) is 11.9. The first-order valence-corrected chi connectivity index (χ1v) is 6.50. The molecule has 1 rings (SSSR count). The van der Waals surface area contributed by atoms with Crippen LogP contribution in [0.15, 0.2) is 16.6 Å². The zero-order valence-electron chi connectivity index (χ0n) is 10.4. The summed E-state index contributed by atoms with van der Waals surface area (Å²) in [6, 6.07) is 3.53. The zero-order valence-corrected chi connectivity index (χ0v) is 12.0. The molecule has 5 N–H and O–H groups in total. The predicted molar refractivity (Wildman–Crippen MR) is 77.0 cm³/mol. The summed E-state index contributed by atoms with van der Waals surface area (Å²) in [6.07, 6.45) is 1.74. The highest BCUT2D eigenvalue weighted by atomic mass is 79.9. The number of halogens is 1. The van der Waals surface area contributed by atoms with Gasteiger partial charge in [0, 0.05) is 4.47 Å². The van der Waals surface area contributed by atoms with Crippen molar-refractivity contribution < 1.29 is 4.79 Å². The van der Waals surface area contributed by atoms with E-state index in [2.05, 4.69) is 39.6 Å². The maximum absolute atomic E-state index is 11.5. The van der Waals surface area contributed by atoms with Crippen molar-refractivity contribution in [2.45, 2.75) is 26.7 Å². The van der Waals surface area contributed by atoms with E-state index in [0.717, 1.165) is 22.9 Å². The molecule has 2 amide bonds. The number of hydrogen-bond donors (Lipinski definition) is 4. The summed E-state index contributed by atoms with van der Waals surface area (Å²) >= 11 is 3.45. The highest BCUT2D eigenvalue weighted by Crippen LogP contribution is 2.29. The molecule has 0 radical (unpaired) electrons. The summed E-state index contributed by atoms with van der Waals surface area (Å²) in [5.74, 6) is -0.383. The molecule has 1 aromatic rings. The molecule has 0 aliphatic heterocycles. The first-order chi connectivity index (χ1) is 8.47. The third kappa shape index (κ3) is 3.73. The second kappa shape index (κ2) is 6.39. The number of rotatable bonds is 3. The molecule has 0 aromatic heterocycles. The highest BCUT2D eigenvalue weighted by Gasteiger charge is 2.11. The van der Waals surface area contributed by atoms with E-state index in [1.807, 2.05) is 13.0 Å². The normalized spacial score (nSPS) is 9.94. The van der Waals surface area contributed by atoms with E-state index in [4.69, 9.17) is 11.1 Å². The van der Waals surface area contributed by atoms with Gasteiger partial charge in [-0.05, 0) is 46.0 Å². The van der Waals surface area contributed by atoms with Gasteiger partial charge in [-0.15, -0.1) is 0 Å². The maximum atomic E-state index is 11.5. The molecule has 6 heteroatoms. The van der Waals surface area contributed by atoms with Crippen LogP contribution in [-0.4, -0.2) is 12.0 Å². The van der Waals surface area contributed by atoms with Gasteiger partial charge in [-0.3, -0.25) is 10.7 Å². The highest BCUT2D eigenvalue weighted by molar-refractivity contribution is 9.10. The molecule has 98 valence electrons. The molecular weight excluding hydrogens is 296 g/mol. The van der Waals surface area contributed by atoms with E-state index < -0.39 is 6.03 Å². The Balaban J connectivity index is 3.00. The van der Waals surface area contributed by atoms with Crippen molar-refractivity contribution in [3.8, 4) is 0 Å². The average Bonchev–Trinajstić information content (AvgIpc) is 2.30. The Morgan fingerprint density at radius 1 is 1.39 bits per heavy atom. The molecule has 5 nitrogen and oxygen atoms in total. The summed E-state index contributed by atoms with van der Waals surface area (Å²) in [7, 11) is 0. The monoisotopic (exact) mass is 312 g/mol. The van der Waals surface area contributed by atoms with Crippen LogP contribution in [0.5, 0.6) is 0 Å². The number of carbonyl (C=O) groups is 1. The summed E-state index contributed by atoms with van der Waals surface area (Å²) in [4.78, 5) is 11.5. The van der Waals surface area contributed by atoms with Crippen LogP contribution in [-0.2, 0) is 12.8 Å². The van der Waals surface area contributed by atoms with E-state index in [1.165, 1.54) is 5.56 Å². The number of amides is 2. The van der Waals surface area contributed by atoms with Crippen LogP contribution in [0.4, 0.5) is 10.5 Å². The van der Waals surface area contributed by atoms with Crippen LogP contribution in [0, 0.1) is 5.41 Å². The van der Waals surface area contributed by atoms with E-state index in [9.17, 15) is 4.79 Å². The molecular formula is C12H17BrN4O. The number of carbonyl (C=O) groups excluding carboxylic acids is 1. The summed E-state index contributed by atoms with van der Waals surface area (Å²) in [6.45, 7) is 4.10. The lowest BCUT2D eigenvalue weighted by molar-refractivity contribution is 0.256. The van der Waals surface area contributed by atoms with Crippen molar-refractivity contribution in [2.75, 3.05) is 5.32 Å². The third-order valence-electron chi connectivity index (χ3n) is 2.51. The Kier molecular flexibility index (Phi) is 5.15. The van der Waals surface area contributed by atoms with E-state index in [-0.39, 0.29) is 5.96 Å². The van der Waals surface area contributed by atoms with Gasteiger partial charge < -0.3 is 11.1 Å². The number of nitrogens with one attached hydrogen (secondary N) is 3. The van der Waals surface area contributed by atoms with Gasteiger partial charge in [0.25, 0.3) is 0 Å². The summed E-state index contributed by atoms with van der Waals surface area (Å²) in [5.41, 5.74) is 8.06. The number of benzene rings is 1. The van der Waals surface area contributed by atoms with Crippen LogP contribution in [0.25, 0.3) is 0 Å². The number of guanidine groups is 1. The molecule has 0 heterocycles. The van der Waals surface area contributed by atoms with Gasteiger partial charge >= 0.3 is 6.03 Å². The van der Waals surface area contributed by atoms with Crippen LogP contribution in [0.1, 0.15) is 25.0 Å². The molecule has 0 atom stereocenters. The number of nitrogens with two attached hydrogens (primary N) is 1. The molecule has 18 heavy (non-hydrogen) atoms. The Labute approximate surface area is 115 Å². The Bertz CT molecular complexity index is 473. The quantitative estimate of drug-likeness (QED) is 0.510. The standard InChI is InChI=1S/C12H17BrN4O/c1-3-7-5-8(4-2)10(9(13)6-7)16-12(18)17-11(14)15/h5-6H,3-4H2,1-2H3,(H5,14,15,16,17,18). The molecule has 0 unspecified atom stereocenters. The molecule has 0 aliphatic rings. The predicted octanol–water partition coefficient (Wildman–Crippen LogP) is 2.59. The van der Waals surface area contributed by atoms with Gasteiger partial charge in [-0.25, -0.2) is 4.79 Å². The molecule has 1 aromatic carbocycles. The smallest absolute Gasteiger partial charge is 0.326 e. The fourth-order valence-corrected chi connectivity index (χ4v) is 2.26. The fourth-order valence-electron chi connectivity index (χ4n) is 1.62. The molecule has 0 spiro atoms. The Hall–Kier alpha value is -1.56. The maximum Gasteiger partial charge on any atom is 0.326 e. The minimum Gasteiger partial charge on any atom is -0.370 e. The fraction of sp³-hybridized carbons (Fsp3) is 0.333. The van der Waals surface area contributed by atoms with Gasteiger partial charge in [0.1, 0.15) is 0 Å². The minimum absolute atomic E-state index is 0.383. The van der Waals surface area contributed by atoms with Crippen LogP contribution in [0.2, 0.25) is 0 Å². The van der Waals surface area contributed by atoms with Crippen molar-refractivity contribution >= 4 is 33.6 Å². The van der Waals surface area contributed by atoms with Crippen molar-refractivity contribution in [3.63, 3.8) is 0 Å². The number of aryl methyl sites for hydroxylation is 2. The lowest BCUT2D eigenvalue weighted by Crippen LogP contribution is -2.38. The van der Waals surface area contributed by atoms with E-state index in [0.29, 0.717) is 5.69 Å². The van der Waals surface area contributed by atoms with Gasteiger partial charge in [-0.2, -0.15) is 0 Å². The number of anilines is 1. The first-order valence-electron chi connectivity index (χ1n) is 5.71. The summed E-state index contributed by atoms with van der Waals surface area (Å²) < 4.78 is 0.831. The van der Waals surface area contributed by atoms with Crippen molar-refractivity contribution in [3.05, 3.63) is 27.7 Å². The van der Waals surface area contributed by atoms with Crippen LogP contribution >= 0.6 is 15.9 Å². The molecule has 0 aliphatic carbocycles. The Morgan fingerprint density at radius 3 is 2.56 bits per heavy atom. The second-order valence-corrected chi connectivity index (χ2v) is 4.67. The molecule has 0 bridgehead atoms. The largest absolute Gasteiger partial charge is 0.370 e. The number of hydrogen-bond acceptors (Lipinski definition) is 2. The molecule has 0 saturated heterocycles. The molecule has 0 saturated carbocycles. The SMILES string of the molecule is CCc1cc(Br)c(NC(=O)NC(=N)N)c(CC)c1. The van der Waals surface area contributed by atoms with Crippen molar-refractivity contribution in [2.24, 2.45) is 5.73 Å². The topological polar surface area (TPSA) is 91.0 Å². The Morgan fingerprint density at radius 2 is 2.06 bits per heavy atom. The lowest BCUT2D eigenvalue weighted by Gasteiger charge is -2.14. The zero-order chi connectivity index (χ0) is 13.7. The average molecular weight is 313 g/mol. The van der Waals surface area contributed by atoms with Crippen molar-refractivity contribution in [1.29, 1.82) is 5.41 Å². The number of urea groups is 1. The molecule has 0 fully saturated rings. The van der Waals surface area contributed by atoms with Crippen molar-refractivity contribution in [1.82, 2.24) is 5.32 Å². The lowest BCUT2D eigenvalue weighted by atomic mass is 10.0. The van der Waals surface area contributed by atoms with E-state index in [1.54, 1.807) is 0 Å². The van der Waals surface area contributed by atoms with Gasteiger partial charge in [0.05, 0.1) is 5.69 Å². The van der Waals surface area contributed by atoms with Gasteiger partial charge in [0.15, 0.2) is 5.96 Å². The third-order valence-corrected chi connectivity index (χ3v) is 3.13. The minimum atomic E-state index is -0.512. The van der Waals surface area contributed by atoms with Gasteiger partial charge in [0.2, 0.25) is 0 Å². The van der Waals surface area contributed by atoms with E-state index >= 15 is 0 Å². The second-order valence-electron chi connectivity index (χ2n) is 3.81.